The van der Waals surface area contributed by atoms with Crippen molar-refractivity contribution in [1.82, 2.24) is 0 Å². The Hall–Kier alpha value is -0.930. The number of benzene rings is 1. The number of nitrogens with two attached hydrogens (primary N) is 1. The Morgan fingerprint density at radius 2 is 2.06 bits per heavy atom. The van der Waals surface area contributed by atoms with Crippen LogP contribution in [0.4, 0.5) is 0 Å². The molecule has 0 aliphatic heterocycles. The first kappa shape index (κ1) is 14.1. The zero-order chi connectivity index (χ0) is 12.7. The van der Waals surface area contributed by atoms with Crippen LogP contribution in [0.2, 0.25) is 0 Å². The van der Waals surface area contributed by atoms with Gasteiger partial charge >= 0.3 is 0 Å². The van der Waals surface area contributed by atoms with E-state index in [9.17, 15) is 4.21 Å². The maximum atomic E-state index is 10.9. The Morgan fingerprint density at radius 3 is 2.65 bits per heavy atom. The number of rotatable bonds is 1. The fraction of sp³-hybridized carbons (Fsp3) is 0.500. The second-order valence-electron chi connectivity index (χ2n) is 4.26. The molecule has 2 rings (SSSR count). The van der Waals surface area contributed by atoms with E-state index in [1.807, 2.05) is 0 Å². The Labute approximate surface area is 107 Å². The molecular weight excluding hydrogens is 230 g/mol. The van der Waals surface area contributed by atoms with Crippen LogP contribution in [0.3, 0.4) is 0 Å². The second-order valence-corrected chi connectivity index (χ2v) is 4.92. The van der Waals surface area contributed by atoms with E-state index in [2.05, 4.69) is 32.0 Å². The number of hydrogen-bond donors (Lipinski definition) is 1. The lowest BCUT2D eigenvalue weighted by Crippen LogP contribution is -2.13. The Morgan fingerprint density at radius 1 is 1.35 bits per heavy atom. The maximum Gasteiger partial charge on any atom is 0.0926 e. The van der Waals surface area contributed by atoms with Crippen molar-refractivity contribution in [2.75, 3.05) is 6.54 Å². The Bertz CT molecular complexity index is 420. The normalized spacial score (nSPS) is 13.5. The van der Waals surface area contributed by atoms with Gasteiger partial charge in [0.2, 0.25) is 0 Å². The summed E-state index contributed by atoms with van der Waals surface area (Å²) >= 11 is 0.669. The van der Waals surface area contributed by atoms with Crippen LogP contribution in [0.5, 0.6) is 0 Å². The topological polar surface area (TPSA) is 43.1 Å². The van der Waals surface area contributed by atoms with E-state index in [0.29, 0.717) is 11.3 Å². The van der Waals surface area contributed by atoms with Crippen LogP contribution in [0.25, 0.3) is 0 Å². The highest BCUT2D eigenvalue weighted by Gasteiger charge is 2.16. The van der Waals surface area contributed by atoms with Gasteiger partial charge < -0.3 is 5.73 Å². The highest BCUT2D eigenvalue weighted by Crippen LogP contribution is 2.23. The third-order valence-electron chi connectivity index (χ3n) is 2.88. The molecule has 1 aliphatic carbocycles. The van der Waals surface area contributed by atoms with E-state index < -0.39 is 0 Å². The van der Waals surface area contributed by atoms with Crippen molar-refractivity contribution in [3.05, 3.63) is 34.9 Å². The minimum atomic E-state index is 0.669. The molecule has 2 nitrogen and oxygen atoms in total. The van der Waals surface area contributed by atoms with E-state index in [4.69, 9.17) is 5.73 Å². The molecule has 0 unspecified atom stereocenters. The van der Waals surface area contributed by atoms with Crippen molar-refractivity contribution in [2.45, 2.75) is 39.5 Å². The molecule has 1 aromatic rings. The van der Waals surface area contributed by atoms with Crippen molar-refractivity contribution >= 4 is 16.1 Å². The summed E-state index contributed by atoms with van der Waals surface area (Å²) in [6.45, 7) is 4.96. The summed E-state index contributed by atoms with van der Waals surface area (Å²) in [5.74, 6) is 0. The molecule has 0 heterocycles. The molecule has 0 bridgehead atoms. The van der Waals surface area contributed by atoms with Crippen molar-refractivity contribution in [1.29, 1.82) is 0 Å². The van der Waals surface area contributed by atoms with E-state index >= 15 is 0 Å². The van der Waals surface area contributed by atoms with Crippen molar-refractivity contribution in [2.24, 2.45) is 5.73 Å². The van der Waals surface area contributed by atoms with Crippen LogP contribution < -0.4 is 5.73 Å². The van der Waals surface area contributed by atoms with Gasteiger partial charge in [0.15, 0.2) is 0 Å². The molecule has 0 atom stereocenters. The van der Waals surface area contributed by atoms with Crippen molar-refractivity contribution in [3.8, 4) is 0 Å². The van der Waals surface area contributed by atoms with Gasteiger partial charge in [-0.15, -0.1) is 0 Å². The van der Waals surface area contributed by atoms with Crippen LogP contribution in [0.1, 0.15) is 42.9 Å². The Balaban J connectivity index is 0.000000317. The summed E-state index contributed by atoms with van der Waals surface area (Å²) < 4.78 is 10.9. The summed E-state index contributed by atoms with van der Waals surface area (Å²) in [5, 5.41) is 0. The van der Waals surface area contributed by atoms with Gasteiger partial charge in [-0.1, -0.05) is 25.1 Å². The fourth-order valence-corrected chi connectivity index (χ4v) is 2.59. The van der Waals surface area contributed by atoms with Crippen LogP contribution in [-0.2, 0) is 17.7 Å². The van der Waals surface area contributed by atoms with Gasteiger partial charge in [-0.3, -0.25) is 0 Å². The predicted octanol–water partition coefficient (Wildman–Crippen LogP) is 2.42. The van der Waals surface area contributed by atoms with Gasteiger partial charge in [0.1, 0.15) is 0 Å². The van der Waals surface area contributed by atoms with Gasteiger partial charge in [-0.05, 0) is 55.8 Å². The van der Waals surface area contributed by atoms with Crippen LogP contribution in [0.15, 0.2) is 18.2 Å². The predicted molar refractivity (Wildman–Crippen MR) is 75.7 cm³/mol. The first-order valence-corrected chi connectivity index (χ1v) is 6.93. The second kappa shape index (κ2) is 7.41. The fourth-order valence-electron chi connectivity index (χ4n) is 1.98. The van der Waals surface area contributed by atoms with Crippen molar-refractivity contribution in [3.63, 3.8) is 0 Å². The SMILES string of the molecule is CCCN.Cc1cccc2c1C(=S=O)CCC2. The van der Waals surface area contributed by atoms with E-state index in [1.54, 1.807) is 0 Å². The quantitative estimate of drug-likeness (QED) is 0.779. The lowest BCUT2D eigenvalue weighted by molar-refractivity contribution is 0.700. The van der Waals surface area contributed by atoms with Crippen molar-refractivity contribution < 1.29 is 4.21 Å². The summed E-state index contributed by atoms with van der Waals surface area (Å²) in [7, 11) is 0. The van der Waals surface area contributed by atoms with Gasteiger partial charge in [0.05, 0.1) is 16.1 Å². The summed E-state index contributed by atoms with van der Waals surface area (Å²) in [6.07, 6.45) is 4.31. The summed E-state index contributed by atoms with van der Waals surface area (Å²) in [6, 6.07) is 6.30. The standard InChI is InChI=1S/C11H12OS.C3H9N/c1-8-4-2-5-9-6-3-7-10(13-12)11(8)9;1-2-3-4/h2,4-5H,3,6-7H2,1H3;2-4H2,1H3. The van der Waals surface area contributed by atoms with Gasteiger partial charge in [-0.25, -0.2) is 4.21 Å². The molecule has 3 heteroatoms. The molecule has 0 fully saturated rings. The average molecular weight is 251 g/mol. The van der Waals surface area contributed by atoms with Gasteiger partial charge in [0.25, 0.3) is 0 Å². The molecule has 1 aromatic carbocycles. The lowest BCUT2D eigenvalue weighted by atomic mass is 9.89. The molecule has 0 aromatic heterocycles. The third-order valence-corrected chi connectivity index (χ3v) is 3.49. The molecule has 94 valence electrons. The molecule has 0 spiro atoms. The van der Waals surface area contributed by atoms with Crippen LogP contribution in [0, 0.1) is 6.92 Å². The van der Waals surface area contributed by atoms with Gasteiger partial charge in [0, 0.05) is 0 Å². The minimum Gasteiger partial charge on any atom is -0.330 e. The summed E-state index contributed by atoms with van der Waals surface area (Å²) in [4.78, 5) is 1.03. The molecule has 1 aliphatic rings. The maximum absolute atomic E-state index is 10.9. The highest BCUT2D eigenvalue weighted by atomic mass is 32.1. The first-order chi connectivity index (χ1) is 8.24. The number of hydrogen-bond acceptors (Lipinski definition) is 2. The van der Waals surface area contributed by atoms with Crippen LogP contribution in [-0.4, -0.2) is 15.6 Å². The number of fused-ring (bicyclic) bond motifs is 1. The highest BCUT2D eigenvalue weighted by molar-refractivity contribution is 7.67. The largest absolute Gasteiger partial charge is 0.330 e. The molecular formula is C14H21NOS. The smallest absolute Gasteiger partial charge is 0.0926 e. The average Bonchev–Trinajstić information content (AvgIpc) is 2.38. The Kier molecular flexibility index (Phi) is 6.16. The number of aryl methyl sites for hydroxylation is 2. The molecule has 0 radical (unpaired) electrons. The summed E-state index contributed by atoms with van der Waals surface area (Å²) in [5.41, 5.74) is 8.86. The lowest BCUT2D eigenvalue weighted by Gasteiger charge is -2.17. The van der Waals surface area contributed by atoms with E-state index in [0.717, 1.165) is 37.1 Å². The minimum absolute atomic E-state index is 0.669. The molecule has 17 heavy (non-hydrogen) atoms. The van der Waals surface area contributed by atoms with Crippen LogP contribution >= 0.6 is 0 Å². The zero-order valence-corrected chi connectivity index (χ0v) is 11.5. The first-order valence-electron chi connectivity index (χ1n) is 6.19. The van der Waals surface area contributed by atoms with E-state index in [1.165, 1.54) is 16.7 Å². The molecule has 0 saturated carbocycles. The third kappa shape index (κ3) is 3.79. The monoisotopic (exact) mass is 251 g/mol. The molecule has 0 amide bonds. The van der Waals surface area contributed by atoms with Gasteiger partial charge in [-0.2, -0.15) is 0 Å². The molecule has 2 N–H and O–H groups in total. The van der Waals surface area contributed by atoms with E-state index in [-0.39, 0.29) is 0 Å². The zero-order valence-electron chi connectivity index (χ0n) is 10.7. The molecule has 0 saturated heterocycles.